The van der Waals surface area contributed by atoms with Crippen LogP contribution in [0.3, 0.4) is 0 Å². The van der Waals surface area contributed by atoms with Crippen molar-refractivity contribution < 1.29 is 14.3 Å². The first-order chi connectivity index (χ1) is 9.56. The molecule has 0 radical (unpaired) electrons. The summed E-state index contributed by atoms with van der Waals surface area (Å²) in [6.07, 6.45) is 1.42. The lowest BCUT2D eigenvalue weighted by Crippen LogP contribution is -2.41. The van der Waals surface area contributed by atoms with Gasteiger partial charge in [-0.2, -0.15) is 0 Å². The molecule has 0 aromatic heterocycles. The van der Waals surface area contributed by atoms with E-state index in [1.165, 1.54) is 0 Å². The minimum atomic E-state index is -0.0992. The van der Waals surface area contributed by atoms with E-state index in [-0.39, 0.29) is 12.0 Å². The molecular weight excluding hydrogens is 254 g/mol. The van der Waals surface area contributed by atoms with Crippen LogP contribution in [0.1, 0.15) is 26.7 Å². The predicted octanol–water partition coefficient (Wildman–Crippen LogP) is 2.72. The third-order valence-electron chi connectivity index (χ3n) is 3.41. The van der Waals surface area contributed by atoms with Crippen molar-refractivity contribution in [3.63, 3.8) is 0 Å². The summed E-state index contributed by atoms with van der Waals surface area (Å²) in [4.78, 5) is 13.7. The second kappa shape index (κ2) is 6.64. The highest BCUT2D eigenvalue weighted by molar-refractivity contribution is 5.75. The van der Waals surface area contributed by atoms with Crippen molar-refractivity contribution in [1.29, 1.82) is 0 Å². The van der Waals surface area contributed by atoms with Gasteiger partial charge in [-0.3, -0.25) is 4.79 Å². The van der Waals surface area contributed by atoms with Crippen LogP contribution in [-0.2, 0) is 4.79 Å². The monoisotopic (exact) mass is 277 g/mol. The molecule has 2 rings (SSSR count). The lowest BCUT2D eigenvalue weighted by atomic mass is 10.1. The molecule has 0 aliphatic carbocycles. The Hall–Kier alpha value is -1.71. The van der Waals surface area contributed by atoms with Gasteiger partial charge in [0.15, 0.2) is 17.6 Å². The second-order valence-corrected chi connectivity index (χ2v) is 5.70. The number of rotatable bonds is 5. The molecule has 0 spiro atoms. The normalized spacial score (nSPS) is 17.1. The molecule has 1 amide bonds. The molecule has 0 saturated heterocycles. The summed E-state index contributed by atoms with van der Waals surface area (Å²) >= 11 is 0. The van der Waals surface area contributed by atoms with Crippen LogP contribution >= 0.6 is 0 Å². The molecule has 20 heavy (non-hydrogen) atoms. The smallest absolute Gasteiger partial charge is 0.222 e. The maximum Gasteiger partial charge on any atom is 0.222 e. The summed E-state index contributed by atoms with van der Waals surface area (Å²) in [6.45, 7) is 5.30. The molecule has 4 heteroatoms. The average molecular weight is 277 g/mol. The molecule has 0 fully saturated rings. The molecule has 1 aromatic carbocycles. The van der Waals surface area contributed by atoms with Crippen molar-refractivity contribution >= 4 is 5.91 Å². The number of fused-ring (bicyclic) bond motifs is 1. The van der Waals surface area contributed by atoms with Crippen molar-refractivity contribution in [2.24, 2.45) is 5.92 Å². The first kappa shape index (κ1) is 14.7. The minimum Gasteiger partial charge on any atom is -0.486 e. The summed E-state index contributed by atoms with van der Waals surface area (Å²) < 4.78 is 11.5. The van der Waals surface area contributed by atoms with Gasteiger partial charge in [0.1, 0.15) is 6.61 Å². The zero-order valence-electron chi connectivity index (χ0n) is 12.5. The van der Waals surface area contributed by atoms with Gasteiger partial charge in [-0.25, -0.2) is 0 Å². The van der Waals surface area contributed by atoms with Crippen molar-refractivity contribution in [2.45, 2.75) is 32.8 Å². The number of amides is 1. The molecular formula is C16H23NO3. The number of benzene rings is 1. The van der Waals surface area contributed by atoms with E-state index in [0.717, 1.165) is 17.9 Å². The van der Waals surface area contributed by atoms with Crippen LogP contribution in [0.2, 0.25) is 0 Å². The summed E-state index contributed by atoms with van der Waals surface area (Å²) in [5.41, 5.74) is 0. The highest BCUT2D eigenvalue weighted by atomic mass is 16.6. The van der Waals surface area contributed by atoms with Crippen LogP contribution in [0.15, 0.2) is 24.3 Å². The summed E-state index contributed by atoms with van der Waals surface area (Å²) in [7, 11) is 1.83. The van der Waals surface area contributed by atoms with Gasteiger partial charge in [0.05, 0.1) is 6.54 Å². The van der Waals surface area contributed by atoms with Crippen LogP contribution in [0, 0.1) is 5.92 Å². The lowest BCUT2D eigenvalue weighted by Gasteiger charge is -2.29. The molecule has 1 unspecified atom stereocenters. The highest BCUT2D eigenvalue weighted by Gasteiger charge is 2.23. The third-order valence-corrected chi connectivity index (χ3v) is 3.41. The van der Waals surface area contributed by atoms with Gasteiger partial charge in [0.25, 0.3) is 0 Å². The molecule has 0 N–H and O–H groups in total. The third kappa shape index (κ3) is 3.89. The molecule has 1 aromatic rings. The number of hydrogen-bond acceptors (Lipinski definition) is 3. The quantitative estimate of drug-likeness (QED) is 0.830. The Balaban J connectivity index is 1.84. The number of carbonyl (C=O) groups is 1. The van der Waals surface area contributed by atoms with E-state index in [9.17, 15) is 4.79 Å². The first-order valence-electron chi connectivity index (χ1n) is 7.18. The number of ether oxygens (including phenoxy) is 2. The highest BCUT2D eigenvalue weighted by Crippen LogP contribution is 2.30. The Labute approximate surface area is 120 Å². The van der Waals surface area contributed by atoms with Crippen molar-refractivity contribution in [2.75, 3.05) is 20.2 Å². The zero-order valence-corrected chi connectivity index (χ0v) is 12.5. The lowest BCUT2D eigenvalue weighted by molar-refractivity contribution is -0.131. The standard InChI is InChI=1S/C16H23NO3/c1-12(2)8-9-16(18)17(3)10-13-11-19-14-6-4-5-7-15(14)20-13/h4-7,12-13H,8-11H2,1-3H3. The van der Waals surface area contributed by atoms with Crippen molar-refractivity contribution in [3.8, 4) is 11.5 Å². The first-order valence-corrected chi connectivity index (χ1v) is 7.18. The molecule has 1 atom stereocenters. The van der Waals surface area contributed by atoms with E-state index in [1.54, 1.807) is 4.90 Å². The minimum absolute atomic E-state index is 0.0992. The zero-order chi connectivity index (χ0) is 14.5. The van der Waals surface area contributed by atoms with Crippen LogP contribution in [0.25, 0.3) is 0 Å². The molecule has 1 aliphatic heterocycles. The van der Waals surface area contributed by atoms with Gasteiger partial charge in [-0.15, -0.1) is 0 Å². The van der Waals surface area contributed by atoms with Gasteiger partial charge < -0.3 is 14.4 Å². The molecule has 4 nitrogen and oxygen atoms in total. The summed E-state index contributed by atoms with van der Waals surface area (Å²) in [5, 5.41) is 0. The van der Waals surface area contributed by atoms with E-state index in [0.29, 0.717) is 25.5 Å². The van der Waals surface area contributed by atoms with Crippen molar-refractivity contribution in [3.05, 3.63) is 24.3 Å². The van der Waals surface area contributed by atoms with Gasteiger partial charge in [-0.1, -0.05) is 26.0 Å². The number of hydrogen-bond donors (Lipinski definition) is 0. The van der Waals surface area contributed by atoms with Gasteiger partial charge >= 0.3 is 0 Å². The Morgan fingerprint density at radius 3 is 2.75 bits per heavy atom. The van der Waals surface area contributed by atoms with Gasteiger partial charge in [-0.05, 0) is 24.5 Å². The SMILES string of the molecule is CC(C)CCC(=O)N(C)CC1COc2ccccc2O1. The topological polar surface area (TPSA) is 38.8 Å². The maximum absolute atomic E-state index is 12.0. The Bertz CT molecular complexity index is 459. The van der Waals surface area contributed by atoms with E-state index in [2.05, 4.69) is 13.8 Å². The molecule has 0 saturated carbocycles. The average Bonchev–Trinajstić information content (AvgIpc) is 2.44. The van der Waals surface area contributed by atoms with Crippen LogP contribution < -0.4 is 9.47 Å². The van der Waals surface area contributed by atoms with E-state index in [4.69, 9.17) is 9.47 Å². The molecule has 110 valence electrons. The van der Waals surface area contributed by atoms with Crippen LogP contribution in [0.4, 0.5) is 0 Å². The van der Waals surface area contributed by atoms with E-state index in [1.807, 2.05) is 31.3 Å². The largest absolute Gasteiger partial charge is 0.486 e. The fourth-order valence-electron chi connectivity index (χ4n) is 2.16. The molecule has 1 aliphatic rings. The van der Waals surface area contributed by atoms with E-state index >= 15 is 0 Å². The number of nitrogens with zero attached hydrogens (tertiary/aromatic N) is 1. The van der Waals surface area contributed by atoms with Crippen molar-refractivity contribution in [1.82, 2.24) is 4.90 Å². The number of para-hydroxylation sites is 2. The van der Waals surface area contributed by atoms with Gasteiger partial charge in [0, 0.05) is 13.5 Å². The Morgan fingerprint density at radius 2 is 2.05 bits per heavy atom. The fourth-order valence-corrected chi connectivity index (χ4v) is 2.16. The summed E-state index contributed by atoms with van der Waals surface area (Å²) in [5.74, 6) is 2.25. The summed E-state index contributed by atoms with van der Waals surface area (Å²) in [6, 6.07) is 7.62. The Morgan fingerprint density at radius 1 is 1.35 bits per heavy atom. The van der Waals surface area contributed by atoms with Gasteiger partial charge in [0.2, 0.25) is 5.91 Å². The van der Waals surface area contributed by atoms with Crippen LogP contribution in [-0.4, -0.2) is 37.1 Å². The Kier molecular flexibility index (Phi) is 4.88. The van der Waals surface area contributed by atoms with E-state index < -0.39 is 0 Å². The van der Waals surface area contributed by atoms with Crippen LogP contribution in [0.5, 0.6) is 11.5 Å². The number of likely N-dealkylation sites (N-methyl/N-ethyl adjacent to an activating group) is 1. The fraction of sp³-hybridized carbons (Fsp3) is 0.562. The second-order valence-electron chi connectivity index (χ2n) is 5.70. The number of carbonyl (C=O) groups excluding carboxylic acids is 1. The molecule has 0 bridgehead atoms. The predicted molar refractivity (Wildman–Crippen MR) is 78.1 cm³/mol. The maximum atomic E-state index is 12.0. The molecule has 1 heterocycles.